The fourth-order valence-electron chi connectivity index (χ4n) is 2.85. The van der Waals surface area contributed by atoms with Crippen LogP contribution >= 0.6 is 22.9 Å². The predicted octanol–water partition coefficient (Wildman–Crippen LogP) is 4.59. The van der Waals surface area contributed by atoms with Crippen LogP contribution < -0.4 is 20.1 Å². The Labute approximate surface area is 194 Å². The molecule has 168 valence electrons. The number of aryl methyl sites for hydroxylation is 1. The molecule has 1 heterocycles. The van der Waals surface area contributed by atoms with Crippen LogP contribution in [0.4, 0.5) is 16.4 Å². The van der Waals surface area contributed by atoms with Crippen molar-refractivity contribution >= 4 is 61.2 Å². The molecule has 1 aromatic heterocycles. The van der Waals surface area contributed by atoms with E-state index in [0.29, 0.717) is 37.5 Å². The summed E-state index contributed by atoms with van der Waals surface area (Å²) in [6, 6.07) is 13.0. The van der Waals surface area contributed by atoms with Crippen molar-refractivity contribution in [1.82, 2.24) is 0 Å². The molecule has 0 aliphatic rings. The first-order valence-corrected chi connectivity index (χ1v) is 12.3. The second kappa shape index (κ2) is 9.60. The van der Waals surface area contributed by atoms with Gasteiger partial charge < -0.3 is 15.4 Å². The van der Waals surface area contributed by atoms with Crippen molar-refractivity contribution in [3.63, 3.8) is 0 Å². The molecule has 3 N–H and O–H groups in total. The molecule has 3 rings (SSSR count). The molecule has 0 aliphatic heterocycles. The largest absolute Gasteiger partial charge is 0.495 e. The first-order chi connectivity index (χ1) is 15.1. The fraction of sp³-hybridized carbons (Fsp3) is 0.143. The van der Waals surface area contributed by atoms with Crippen LogP contribution in [-0.2, 0) is 10.0 Å². The minimum atomic E-state index is -3.54. The Morgan fingerprint density at radius 3 is 2.41 bits per heavy atom. The number of methoxy groups -OCH3 is 1. The number of benzene rings is 2. The third-order valence-electron chi connectivity index (χ3n) is 4.23. The highest BCUT2D eigenvalue weighted by atomic mass is 35.5. The summed E-state index contributed by atoms with van der Waals surface area (Å²) in [6.07, 6.45) is 1.02. The molecule has 3 aromatic rings. The number of sulfonamides is 1. The number of amides is 2. The van der Waals surface area contributed by atoms with Gasteiger partial charge in [0.1, 0.15) is 5.75 Å². The van der Waals surface area contributed by atoms with E-state index in [9.17, 15) is 18.0 Å². The number of hydrogen-bond donors (Lipinski definition) is 3. The zero-order valence-corrected chi connectivity index (χ0v) is 19.7. The summed E-state index contributed by atoms with van der Waals surface area (Å²) < 4.78 is 30.7. The number of anilines is 3. The van der Waals surface area contributed by atoms with E-state index in [1.165, 1.54) is 13.2 Å². The number of carbonyl (C=O) groups is 2. The summed E-state index contributed by atoms with van der Waals surface area (Å²) in [6.45, 7) is 1.75. The van der Waals surface area contributed by atoms with Gasteiger partial charge >= 0.3 is 0 Å². The van der Waals surface area contributed by atoms with Gasteiger partial charge in [0, 0.05) is 5.69 Å². The van der Waals surface area contributed by atoms with E-state index >= 15 is 0 Å². The van der Waals surface area contributed by atoms with Gasteiger partial charge in [0.2, 0.25) is 10.0 Å². The number of nitrogens with one attached hydrogen (secondary N) is 3. The van der Waals surface area contributed by atoms with Crippen LogP contribution in [0.15, 0.2) is 48.5 Å². The minimum absolute atomic E-state index is 0.198. The molecular formula is C21H20ClN3O5S2. The molecule has 0 aliphatic carbocycles. The summed E-state index contributed by atoms with van der Waals surface area (Å²) in [7, 11) is -2.13. The lowest BCUT2D eigenvalue weighted by molar-refractivity contribution is 0.102. The molecule has 0 saturated heterocycles. The normalized spacial score (nSPS) is 11.0. The fourth-order valence-corrected chi connectivity index (χ4v) is 4.59. The SMILES string of the molecule is COc1ccc(NC(=O)c2sc(NC(=O)c3ccccc3Cl)cc2C)cc1NS(C)(=O)=O. The van der Waals surface area contributed by atoms with Gasteiger partial charge in [0.15, 0.2) is 0 Å². The highest BCUT2D eigenvalue weighted by Gasteiger charge is 2.18. The Morgan fingerprint density at radius 1 is 1.03 bits per heavy atom. The van der Waals surface area contributed by atoms with Crippen molar-refractivity contribution < 1.29 is 22.7 Å². The van der Waals surface area contributed by atoms with Crippen LogP contribution in [-0.4, -0.2) is 33.6 Å². The van der Waals surface area contributed by atoms with Crippen molar-refractivity contribution in [3.8, 4) is 5.75 Å². The van der Waals surface area contributed by atoms with Gasteiger partial charge in [-0.2, -0.15) is 0 Å². The molecule has 0 spiro atoms. The smallest absolute Gasteiger partial charge is 0.266 e. The molecule has 0 bridgehead atoms. The first-order valence-electron chi connectivity index (χ1n) is 9.21. The van der Waals surface area contributed by atoms with E-state index < -0.39 is 15.9 Å². The van der Waals surface area contributed by atoms with E-state index in [1.54, 1.807) is 49.4 Å². The average molecular weight is 494 g/mol. The van der Waals surface area contributed by atoms with Gasteiger partial charge in [-0.1, -0.05) is 23.7 Å². The van der Waals surface area contributed by atoms with Gasteiger partial charge in [0.25, 0.3) is 11.8 Å². The number of hydrogen-bond acceptors (Lipinski definition) is 6. The molecule has 0 unspecified atom stereocenters. The summed E-state index contributed by atoms with van der Waals surface area (Å²) in [4.78, 5) is 25.7. The Morgan fingerprint density at radius 2 is 1.75 bits per heavy atom. The molecule has 0 atom stereocenters. The van der Waals surface area contributed by atoms with Crippen molar-refractivity contribution in [3.05, 3.63) is 69.6 Å². The van der Waals surface area contributed by atoms with E-state index in [2.05, 4.69) is 15.4 Å². The summed E-state index contributed by atoms with van der Waals surface area (Å²) >= 11 is 7.18. The quantitative estimate of drug-likeness (QED) is 0.445. The summed E-state index contributed by atoms with van der Waals surface area (Å²) in [5.74, 6) is -0.470. The number of ether oxygens (including phenoxy) is 1. The molecule has 32 heavy (non-hydrogen) atoms. The van der Waals surface area contributed by atoms with Crippen molar-refractivity contribution in [2.45, 2.75) is 6.92 Å². The Bertz CT molecular complexity index is 1290. The van der Waals surface area contributed by atoms with E-state index in [-0.39, 0.29) is 11.6 Å². The monoisotopic (exact) mass is 493 g/mol. The number of carbonyl (C=O) groups excluding carboxylic acids is 2. The van der Waals surface area contributed by atoms with Crippen molar-refractivity contribution in [2.24, 2.45) is 0 Å². The average Bonchev–Trinajstić information content (AvgIpc) is 3.07. The second-order valence-electron chi connectivity index (χ2n) is 6.80. The van der Waals surface area contributed by atoms with Gasteiger partial charge in [-0.3, -0.25) is 14.3 Å². The maximum absolute atomic E-state index is 12.8. The molecule has 11 heteroatoms. The van der Waals surface area contributed by atoms with Gasteiger partial charge in [-0.05, 0) is 48.9 Å². The highest BCUT2D eigenvalue weighted by Crippen LogP contribution is 2.31. The minimum Gasteiger partial charge on any atom is -0.495 e. The van der Waals surface area contributed by atoms with Crippen molar-refractivity contribution in [1.29, 1.82) is 0 Å². The Kier molecular flexibility index (Phi) is 7.07. The van der Waals surface area contributed by atoms with Crippen LogP contribution in [0.5, 0.6) is 5.75 Å². The molecule has 0 saturated carbocycles. The zero-order chi connectivity index (χ0) is 23.5. The lowest BCUT2D eigenvalue weighted by atomic mass is 10.2. The maximum atomic E-state index is 12.8. The molecule has 0 fully saturated rings. The topological polar surface area (TPSA) is 114 Å². The van der Waals surface area contributed by atoms with Crippen LogP contribution in [0.25, 0.3) is 0 Å². The molecular weight excluding hydrogens is 474 g/mol. The molecule has 8 nitrogen and oxygen atoms in total. The number of thiophene rings is 1. The Hall–Kier alpha value is -3.08. The highest BCUT2D eigenvalue weighted by molar-refractivity contribution is 7.92. The Balaban J connectivity index is 1.78. The van der Waals surface area contributed by atoms with Crippen LogP contribution in [0.2, 0.25) is 5.02 Å². The summed E-state index contributed by atoms with van der Waals surface area (Å²) in [5.41, 5.74) is 1.57. The molecule has 0 radical (unpaired) electrons. The standard InChI is InChI=1S/C21H20ClN3O5S2/c1-12-10-18(24-20(26)14-6-4-5-7-15(14)22)31-19(12)21(27)23-13-8-9-17(30-2)16(11-13)25-32(3,28)29/h4-11,25H,1-3H3,(H,23,27)(H,24,26). The second-order valence-corrected chi connectivity index (χ2v) is 10.0. The van der Waals surface area contributed by atoms with Crippen LogP contribution in [0, 0.1) is 6.92 Å². The summed E-state index contributed by atoms with van der Waals surface area (Å²) in [5, 5.41) is 6.30. The van der Waals surface area contributed by atoms with Gasteiger partial charge in [0.05, 0.1) is 39.5 Å². The van der Waals surface area contributed by atoms with Gasteiger partial charge in [-0.15, -0.1) is 11.3 Å². The number of rotatable bonds is 7. The van der Waals surface area contributed by atoms with E-state index in [0.717, 1.165) is 17.6 Å². The van der Waals surface area contributed by atoms with Crippen molar-refractivity contribution in [2.75, 3.05) is 28.7 Å². The van der Waals surface area contributed by atoms with Gasteiger partial charge in [-0.25, -0.2) is 8.42 Å². The lowest BCUT2D eigenvalue weighted by Gasteiger charge is -2.12. The van der Waals surface area contributed by atoms with E-state index in [4.69, 9.17) is 16.3 Å². The predicted molar refractivity (Wildman–Crippen MR) is 128 cm³/mol. The maximum Gasteiger partial charge on any atom is 0.266 e. The first kappa shape index (κ1) is 23.6. The molecule has 2 amide bonds. The van der Waals surface area contributed by atoms with Crippen LogP contribution in [0.3, 0.4) is 0 Å². The zero-order valence-electron chi connectivity index (χ0n) is 17.4. The number of halogens is 1. The third-order valence-corrected chi connectivity index (χ3v) is 6.30. The third kappa shape index (κ3) is 5.78. The van der Waals surface area contributed by atoms with E-state index in [1.807, 2.05) is 0 Å². The molecule has 2 aromatic carbocycles. The lowest BCUT2D eigenvalue weighted by Crippen LogP contribution is -2.13. The van der Waals surface area contributed by atoms with Crippen LogP contribution in [0.1, 0.15) is 25.6 Å².